The maximum absolute atomic E-state index is 12.0. The van der Waals surface area contributed by atoms with Crippen LogP contribution in [0.4, 0.5) is 0 Å². The molecule has 0 saturated carbocycles. The van der Waals surface area contributed by atoms with Crippen LogP contribution in [0.2, 0.25) is 0 Å². The molecule has 0 fully saturated rings. The first-order valence-corrected chi connectivity index (χ1v) is 7.95. The quantitative estimate of drug-likeness (QED) is 0.822. The topological polar surface area (TPSA) is 38.3 Å². The molecular weight excluding hydrogens is 282 g/mol. The van der Waals surface area contributed by atoms with Crippen LogP contribution in [-0.4, -0.2) is 26.2 Å². The Hall–Kier alpha value is -1.65. The second kappa shape index (κ2) is 7.38. The molecule has 0 unspecified atom stereocenters. The molecule has 0 saturated heterocycles. The molecule has 21 heavy (non-hydrogen) atoms. The van der Waals surface area contributed by atoms with Crippen molar-refractivity contribution in [3.63, 3.8) is 0 Å². The molecule has 0 aliphatic carbocycles. The van der Waals surface area contributed by atoms with E-state index >= 15 is 0 Å². The van der Waals surface area contributed by atoms with E-state index in [2.05, 4.69) is 43.4 Å². The van der Waals surface area contributed by atoms with Gasteiger partial charge in [-0.3, -0.25) is 4.79 Å². The molecule has 0 atom stereocenters. The highest BCUT2D eigenvalue weighted by Crippen LogP contribution is 2.28. The van der Waals surface area contributed by atoms with Gasteiger partial charge in [0.25, 0.3) is 5.91 Å². The summed E-state index contributed by atoms with van der Waals surface area (Å²) in [5, 5.41) is 4.87. The van der Waals surface area contributed by atoms with E-state index in [9.17, 15) is 4.79 Å². The summed E-state index contributed by atoms with van der Waals surface area (Å²) in [6, 6.07) is 10.4. The Kier molecular flexibility index (Phi) is 5.53. The minimum absolute atomic E-state index is 0.0386. The summed E-state index contributed by atoms with van der Waals surface area (Å²) in [6.45, 7) is 5.43. The Morgan fingerprint density at radius 3 is 2.81 bits per heavy atom. The zero-order chi connectivity index (χ0) is 15.2. The fourth-order valence-electron chi connectivity index (χ4n) is 2.04. The maximum atomic E-state index is 12.0. The molecule has 3 nitrogen and oxygen atoms in total. The fraction of sp³-hybridized carbons (Fsp3) is 0.353. The number of amides is 1. The molecule has 0 aliphatic rings. The molecule has 112 valence electrons. The van der Waals surface area contributed by atoms with Gasteiger partial charge in [0.2, 0.25) is 0 Å². The van der Waals surface area contributed by atoms with E-state index in [1.165, 1.54) is 16.9 Å². The van der Waals surface area contributed by atoms with Crippen molar-refractivity contribution in [2.75, 3.05) is 20.3 Å². The Labute approximate surface area is 130 Å². The van der Waals surface area contributed by atoms with E-state index < -0.39 is 0 Å². The lowest BCUT2D eigenvalue weighted by atomic mass is 9.98. The first-order chi connectivity index (χ1) is 10.1. The van der Waals surface area contributed by atoms with Gasteiger partial charge in [-0.15, -0.1) is 11.3 Å². The number of hydrogen-bond donors (Lipinski definition) is 1. The summed E-state index contributed by atoms with van der Waals surface area (Å²) < 4.78 is 4.93. The predicted molar refractivity (Wildman–Crippen MR) is 88.1 cm³/mol. The van der Waals surface area contributed by atoms with E-state index in [1.54, 1.807) is 7.11 Å². The van der Waals surface area contributed by atoms with Gasteiger partial charge in [-0.1, -0.05) is 38.1 Å². The average Bonchev–Trinajstić information content (AvgIpc) is 2.97. The maximum Gasteiger partial charge on any atom is 0.261 e. The fourth-order valence-corrected chi connectivity index (χ4v) is 2.87. The van der Waals surface area contributed by atoms with Crippen LogP contribution >= 0.6 is 11.3 Å². The smallest absolute Gasteiger partial charge is 0.261 e. The molecular formula is C17H21NO2S. The van der Waals surface area contributed by atoms with Crippen molar-refractivity contribution in [2.45, 2.75) is 19.8 Å². The van der Waals surface area contributed by atoms with Crippen LogP contribution in [0, 0.1) is 0 Å². The Morgan fingerprint density at radius 1 is 1.29 bits per heavy atom. The number of carbonyl (C=O) groups excluding carboxylic acids is 1. The molecule has 0 radical (unpaired) electrons. The second-order valence-corrected chi connectivity index (χ2v) is 6.14. The van der Waals surface area contributed by atoms with Crippen molar-refractivity contribution < 1.29 is 9.53 Å². The summed E-state index contributed by atoms with van der Waals surface area (Å²) in [6.07, 6.45) is 0. The van der Waals surface area contributed by atoms with Crippen molar-refractivity contribution in [3.8, 4) is 11.1 Å². The van der Waals surface area contributed by atoms with Crippen LogP contribution in [0.3, 0.4) is 0 Å². The lowest BCUT2D eigenvalue weighted by molar-refractivity contribution is 0.0941. The van der Waals surface area contributed by atoms with Crippen LogP contribution < -0.4 is 5.32 Å². The molecule has 1 N–H and O–H groups in total. The third-order valence-corrected chi connectivity index (χ3v) is 4.23. The summed E-state index contributed by atoms with van der Waals surface area (Å²) >= 11 is 1.47. The van der Waals surface area contributed by atoms with E-state index in [0.29, 0.717) is 19.1 Å². The number of ether oxygens (including phenoxy) is 1. The highest BCUT2D eigenvalue weighted by atomic mass is 32.1. The largest absolute Gasteiger partial charge is 0.383 e. The first-order valence-electron chi connectivity index (χ1n) is 7.08. The van der Waals surface area contributed by atoms with Gasteiger partial charge in [0.1, 0.15) is 0 Å². The van der Waals surface area contributed by atoms with Gasteiger partial charge in [0.05, 0.1) is 11.5 Å². The van der Waals surface area contributed by atoms with Gasteiger partial charge in [0.15, 0.2) is 0 Å². The monoisotopic (exact) mass is 303 g/mol. The third-order valence-electron chi connectivity index (χ3n) is 3.30. The van der Waals surface area contributed by atoms with E-state index in [1.807, 2.05) is 11.4 Å². The first kappa shape index (κ1) is 15.7. The van der Waals surface area contributed by atoms with Crippen molar-refractivity contribution in [1.82, 2.24) is 5.32 Å². The minimum Gasteiger partial charge on any atom is -0.383 e. The second-order valence-electron chi connectivity index (χ2n) is 5.23. The van der Waals surface area contributed by atoms with Gasteiger partial charge >= 0.3 is 0 Å². The standard InChI is InChI=1S/C17H21NO2S/c1-12(2)13-5-4-6-14(9-13)15-10-16(21-11-15)17(19)18-7-8-20-3/h4-6,9-12H,7-8H2,1-3H3,(H,18,19). The summed E-state index contributed by atoms with van der Waals surface area (Å²) in [7, 11) is 1.62. The summed E-state index contributed by atoms with van der Waals surface area (Å²) in [4.78, 5) is 12.7. The van der Waals surface area contributed by atoms with Crippen LogP contribution in [0.1, 0.15) is 35.0 Å². The molecule has 2 aromatic rings. The molecule has 0 bridgehead atoms. The van der Waals surface area contributed by atoms with E-state index in [4.69, 9.17) is 4.74 Å². The van der Waals surface area contributed by atoms with Crippen molar-refractivity contribution in [3.05, 3.63) is 46.2 Å². The zero-order valence-corrected chi connectivity index (χ0v) is 13.5. The Morgan fingerprint density at radius 2 is 2.10 bits per heavy atom. The van der Waals surface area contributed by atoms with Gasteiger partial charge in [-0.05, 0) is 34.1 Å². The number of benzene rings is 1. The van der Waals surface area contributed by atoms with Crippen LogP contribution in [-0.2, 0) is 4.74 Å². The Bertz CT molecular complexity index is 604. The van der Waals surface area contributed by atoms with Crippen molar-refractivity contribution >= 4 is 17.2 Å². The lowest BCUT2D eigenvalue weighted by Crippen LogP contribution is -2.26. The highest BCUT2D eigenvalue weighted by Gasteiger charge is 2.10. The van der Waals surface area contributed by atoms with Crippen molar-refractivity contribution in [1.29, 1.82) is 0 Å². The number of thiophene rings is 1. The number of rotatable bonds is 6. The van der Waals surface area contributed by atoms with Crippen molar-refractivity contribution in [2.24, 2.45) is 0 Å². The van der Waals surface area contributed by atoms with Crippen LogP contribution in [0.15, 0.2) is 35.7 Å². The van der Waals surface area contributed by atoms with Gasteiger partial charge in [-0.2, -0.15) is 0 Å². The summed E-state index contributed by atoms with van der Waals surface area (Å²) in [5.41, 5.74) is 3.57. The molecule has 0 spiro atoms. The molecule has 2 rings (SSSR count). The molecule has 4 heteroatoms. The van der Waals surface area contributed by atoms with E-state index in [0.717, 1.165) is 16.0 Å². The predicted octanol–water partition coefficient (Wildman–Crippen LogP) is 3.91. The van der Waals surface area contributed by atoms with Gasteiger partial charge < -0.3 is 10.1 Å². The SMILES string of the molecule is COCCNC(=O)c1cc(-c2cccc(C(C)C)c2)cs1. The summed E-state index contributed by atoms with van der Waals surface area (Å²) in [5.74, 6) is 0.462. The lowest BCUT2D eigenvalue weighted by Gasteiger charge is -2.07. The zero-order valence-electron chi connectivity index (χ0n) is 12.7. The molecule has 1 amide bonds. The minimum atomic E-state index is -0.0386. The van der Waals surface area contributed by atoms with Gasteiger partial charge in [-0.25, -0.2) is 0 Å². The number of hydrogen-bond acceptors (Lipinski definition) is 3. The van der Waals surface area contributed by atoms with Crippen LogP contribution in [0.5, 0.6) is 0 Å². The highest BCUT2D eigenvalue weighted by molar-refractivity contribution is 7.12. The molecule has 1 aromatic carbocycles. The molecule has 0 aliphatic heterocycles. The number of carbonyl (C=O) groups is 1. The molecule has 1 aromatic heterocycles. The van der Waals surface area contributed by atoms with E-state index in [-0.39, 0.29) is 5.91 Å². The third kappa shape index (κ3) is 4.16. The van der Waals surface area contributed by atoms with Gasteiger partial charge in [0, 0.05) is 13.7 Å². The average molecular weight is 303 g/mol. The Balaban J connectivity index is 2.12. The number of methoxy groups -OCH3 is 1. The molecule has 1 heterocycles. The van der Waals surface area contributed by atoms with Crippen LogP contribution in [0.25, 0.3) is 11.1 Å². The number of nitrogens with one attached hydrogen (secondary N) is 1. The normalized spacial score (nSPS) is 10.9.